The zero-order valence-electron chi connectivity index (χ0n) is 10.2. The second kappa shape index (κ2) is 4.71. The quantitative estimate of drug-likeness (QED) is 0.848. The third-order valence-corrected chi connectivity index (χ3v) is 3.07. The van der Waals surface area contributed by atoms with Crippen LogP contribution in [0.25, 0.3) is 11.0 Å². The minimum absolute atomic E-state index is 0.472. The van der Waals surface area contributed by atoms with Gasteiger partial charge in [0.15, 0.2) is 0 Å². The van der Waals surface area contributed by atoms with E-state index in [1.807, 2.05) is 7.05 Å². The molecule has 0 aliphatic heterocycles. The van der Waals surface area contributed by atoms with E-state index in [1.165, 1.54) is 10.9 Å². The smallest absolute Gasteiger partial charge is 0.137 e. The molecule has 0 spiro atoms. The third-order valence-electron chi connectivity index (χ3n) is 3.07. The highest BCUT2D eigenvalue weighted by atomic mass is 16.3. The molecule has 0 aliphatic rings. The molecule has 0 amide bonds. The number of nitrogens with one attached hydrogen (secondary N) is 1. The van der Waals surface area contributed by atoms with Gasteiger partial charge in [0.1, 0.15) is 11.3 Å². The minimum Gasteiger partial charge on any atom is -0.461 e. The molecule has 16 heavy (non-hydrogen) atoms. The summed E-state index contributed by atoms with van der Waals surface area (Å²) in [5.41, 5.74) is 2.25. The largest absolute Gasteiger partial charge is 0.461 e. The first kappa shape index (κ1) is 11.2. The molecular formula is C14H19NO. The van der Waals surface area contributed by atoms with Crippen LogP contribution in [0.1, 0.15) is 30.6 Å². The van der Waals surface area contributed by atoms with Crippen molar-refractivity contribution in [3.8, 4) is 0 Å². The average molecular weight is 217 g/mol. The zero-order chi connectivity index (χ0) is 11.5. The van der Waals surface area contributed by atoms with Gasteiger partial charge in [-0.1, -0.05) is 25.1 Å². The number of aryl methyl sites for hydroxylation is 1. The van der Waals surface area contributed by atoms with Crippen molar-refractivity contribution >= 4 is 11.0 Å². The predicted octanol–water partition coefficient (Wildman–Crippen LogP) is 3.45. The molecule has 0 fully saturated rings. The van der Waals surface area contributed by atoms with Gasteiger partial charge >= 0.3 is 0 Å². The van der Waals surface area contributed by atoms with Crippen molar-refractivity contribution in [1.82, 2.24) is 5.32 Å². The van der Waals surface area contributed by atoms with Gasteiger partial charge in [-0.3, -0.25) is 0 Å². The number of benzene rings is 1. The summed E-state index contributed by atoms with van der Waals surface area (Å²) < 4.78 is 5.93. The van der Waals surface area contributed by atoms with Crippen LogP contribution in [0, 0.1) is 6.92 Å². The van der Waals surface area contributed by atoms with Crippen molar-refractivity contribution in [3.63, 3.8) is 0 Å². The van der Waals surface area contributed by atoms with Crippen LogP contribution in [-0.2, 0) is 0 Å². The van der Waals surface area contributed by atoms with Crippen LogP contribution in [0.15, 0.2) is 28.7 Å². The molecular weight excluding hydrogens is 198 g/mol. The van der Waals surface area contributed by atoms with Crippen LogP contribution in [0.4, 0.5) is 0 Å². The van der Waals surface area contributed by atoms with Gasteiger partial charge in [-0.15, -0.1) is 0 Å². The van der Waals surface area contributed by atoms with Gasteiger partial charge in [0.25, 0.3) is 0 Å². The van der Waals surface area contributed by atoms with Crippen molar-refractivity contribution in [1.29, 1.82) is 0 Å². The first-order valence-corrected chi connectivity index (χ1v) is 5.86. The second-order valence-corrected chi connectivity index (χ2v) is 4.44. The average Bonchev–Trinajstić information content (AvgIpc) is 2.71. The summed E-state index contributed by atoms with van der Waals surface area (Å²) in [6.07, 6.45) is 1.11. The molecule has 1 N–H and O–H groups in total. The summed E-state index contributed by atoms with van der Waals surface area (Å²) in [7, 11) is 1.98. The molecule has 0 saturated heterocycles. The van der Waals surface area contributed by atoms with Crippen LogP contribution in [0.2, 0.25) is 0 Å². The van der Waals surface area contributed by atoms with E-state index >= 15 is 0 Å². The summed E-state index contributed by atoms with van der Waals surface area (Å²) in [6, 6.07) is 8.45. The Labute approximate surface area is 96.6 Å². The fourth-order valence-corrected chi connectivity index (χ4v) is 1.97. The lowest BCUT2D eigenvalue weighted by molar-refractivity contribution is 0.483. The highest BCUT2D eigenvalue weighted by molar-refractivity contribution is 5.80. The lowest BCUT2D eigenvalue weighted by Gasteiger charge is -2.06. The first-order chi connectivity index (χ1) is 7.72. The summed E-state index contributed by atoms with van der Waals surface area (Å²) in [6.45, 7) is 5.33. The SMILES string of the molecule is CNCCC(C)c1cc2cccc(C)c2o1. The maximum absolute atomic E-state index is 5.93. The molecule has 0 saturated carbocycles. The Morgan fingerprint density at radius 1 is 1.38 bits per heavy atom. The molecule has 1 aromatic heterocycles. The number of fused-ring (bicyclic) bond motifs is 1. The normalized spacial score (nSPS) is 13.2. The maximum atomic E-state index is 5.93. The van der Waals surface area contributed by atoms with Gasteiger partial charge in [-0.2, -0.15) is 0 Å². The van der Waals surface area contributed by atoms with Crippen LogP contribution >= 0.6 is 0 Å². The van der Waals surface area contributed by atoms with Crippen molar-refractivity contribution in [2.45, 2.75) is 26.2 Å². The van der Waals surface area contributed by atoms with Crippen LogP contribution in [-0.4, -0.2) is 13.6 Å². The van der Waals surface area contributed by atoms with E-state index in [0.29, 0.717) is 5.92 Å². The molecule has 1 heterocycles. The van der Waals surface area contributed by atoms with Gasteiger partial charge in [0.2, 0.25) is 0 Å². The molecule has 2 heteroatoms. The Morgan fingerprint density at radius 3 is 2.88 bits per heavy atom. The monoisotopic (exact) mass is 217 g/mol. The van der Waals surface area contributed by atoms with Gasteiger partial charge < -0.3 is 9.73 Å². The fraction of sp³-hybridized carbons (Fsp3) is 0.429. The Bertz CT molecular complexity index is 473. The molecule has 0 bridgehead atoms. The summed E-state index contributed by atoms with van der Waals surface area (Å²) in [4.78, 5) is 0. The summed E-state index contributed by atoms with van der Waals surface area (Å²) >= 11 is 0. The predicted molar refractivity (Wildman–Crippen MR) is 67.9 cm³/mol. The van der Waals surface area contributed by atoms with E-state index < -0.39 is 0 Å². The number of furan rings is 1. The van der Waals surface area contributed by atoms with E-state index in [9.17, 15) is 0 Å². The molecule has 1 aromatic carbocycles. The molecule has 1 atom stereocenters. The Kier molecular flexibility index (Phi) is 3.30. The zero-order valence-corrected chi connectivity index (χ0v) is 10.2. The Hall–Kier alpha value is -1.28. The van der Waals surface area contributed by atoms with Crippen LogP contribution in [0.3, 0.4) is 0 Å². The van der Waals surface area contributed by atoms with E-state index in [0.717, 1.165) is 24.3 Å². The Balaban J connectivity index is 2.29. The standard InChI is InChI=1S/C14H19NO/c1-10(7-8-15-3)13-9-12-6-4-5-11(2)14(12)16-13/h4-6,9-10,15H,7-8H2,1-3H3. The van der Waals surface area contributed by atoms with Gasteiger partial charge in [0, 0.05) is 11.3 Å². The van der Waals surface area contributed by atoms with Crippen molar-refractivity contribution in [2.75, 3.05) is 13.6 Å². The van der Waals surface area contributed by atoms with Crippen LogP contribution < -0.4 is 5.32 Å². The molecule has 1 unspecified atom stereocenters. The first-order valence-electron chi connectivity index (χ1n) is 5.86. The number of rotatable bonds is 4. The van der Waals surface area contributed by atoms with Crippen molar-refractivity contribution in [3.05, 3.63) is 35.6 Å². The lowest BCUT2D eigenvalue weighted by Crippen LogP contribution is -2.10. The molecule has 0 radical (unpaired) electrons. The Morgan fingerprint density at radius 2 is 2.19 bits per heavy atom. The van der Waals surface area contributed by atoms with E-state index in [-0.39, 0.29) is 0 Å². The number of hydrogen-bond donors (Lipinski definition) is 1. The van der Waals surface area contributed by atoms with Gasteiger partial charge in [-0.25, -0.2) is 0 Å². The molecule has 0 aliphatic carbocycles. The van der Waals surface area contributed by atoms with E-state index in [1.54, 1.807) is 0 Å². The number of hydrogen-bond acceptors (Lipinski definition) is 2. The third kappa shape index (κ3) is 2.12. The molecule has 2 nitrogen and oxygen atoms in total. The van der Waals surface area contributed by atoms with E-state index in [2.05, 4.69) is 43.4 Å². The van der Waals surface area contributed by atoms with E-state index in [4.69, 9.17) is 4.42 Å². The topological polar surface area (TPSA) is 25.2 Å². The minimum atomic E-state index is 0.472. The van der Waals surface area contributed by atoms with Gasteiger partial charge in [-0.05, 0) is 38.6 Å². The number of para-hydroxylation sites is 1. The van der Waals surface area contributed by atoms with Crippen molar-refractivity contribution in [2.24, 2.45) is 0 Å². The molecule has 86 valence electrons. The molecule has 2 rings (SSSR count). The van der Waals surface area contributed by atoms with Gasteiger partial charge in [0.05, 0.1) is 0 Å². The lowest BCUT2D eigenvalue weighted by atomic mass is 10.0. The molecule has 2 aromatic rings. The maximum Gasteiger partial charge on any atom is 0.137 e. The fourth-order valence-electron chi connectivity index (χ4n) is 1.97. The summed E-state index contributed by atoms with van der Waals surface area (Å²) in [5.74, 6) is 1.57. The summed E-state index contributed by atoms with van der Waals surface area (Å²) in [5, 5.41) is 4.39. The van der Waals surface area contributed by atoms with Crippen LogP contribution in [0.5, 0.6) is 0 Å². The highest BCUT2D eigenvalue weighted by Gasteiger charge is 2.11. The van der Waals surface area contributed by atoms with Crippen molar-refractivity contribution < 1.29 is 4.42 Å². The highest BCUT2D eigenvalue weighted by Crippen LogP contribution is 2.28. The second-order valence-electron chi connectivity index (χ2n) is 4.44.